The minimum Gasteiger partial charge on any atom is -0.504 e. The molecule has 0 saturated carbocycles. The van der Waals surface area contributed by atoms with Crippen LogP contribution in [0.15, 0.2) is 58.2 Å². The van der Waals surface area contributed by atoms with E-state index in [4.69, 9.17) is 23.2 Å². The molecule has 4 rings (SSSR count). The van der Waals surface area contributed by atoms with E-state index in [0.29, 0.717) is 5.56 Å². The molecule has 1 aromatic heterocycles. The molecule has 0 saturated heterocycles. The number of carbonyl (C=O) groups is 1. The van der Waals surface area contributed by atoms with Gasteiger partial charge in [0, 0.05) is 10.9 Å². The van der Waals surface area contributed by atoms with Crippen LogP contribution in [0.4, 0.5) is 17.1 Å². The van der Waals surface area contributed by atoms with E-state index in [0.717, 1.165) is 11.4 Å². The van der Waals surface area contributed by atoms with Crippen LogP contribution >= 0.6 is 34.5 Å². The van der Waals surface area contributed by atoms with Gasteiger partial charge in [-0.2, -0.15) is 11.3 Å². The van der Waals surface area contributed by atoms with E-state index in [1.807, 2.05) is 41.1 Å². The normalized spacial score (nSPS) is 15.0. The Bertz CT molecular complexity index is 1020. The van der Waals surface area contributed by atoms with Crippen molar-refractivity contribution in [1.82, 2.24) is 0 Å². The van der Waals surface area contributed by atoms with Gasteiger partial charge < -0.3 is 5.11 Å². The van der Waals surface area contributed by atoms with Crippen molar-refractivity contribution < 1.29 is 9.90 Å². The zero-order valence-electron chi connectivity index (χ0n) is 12.6. The lowest BCUT2D eigenvalue weighted by Crippen LogP contribution is -2.24. The Hall–Kier alpha value is -2.34. The Morgan fingerprint density at radius 2 is 1.88 bits per heavy atom. The van der Waals surface area contributed by atoms with Crippen LogP contribution in [0.5, 0.6) is 5.75 Å². The number of anilines is 2. The molecule has 3 aromatic rings. The standard InChI is InChI=1S/C18H10Cl2N2O2S/c19-12-5-6-13(17(23)15(12)20)21-16-11-3-1-2-4-14(11)22(18(16)24)10-7-8-25-9-10/h1-9,23H. The Morgan fingerprint density at radius 1 is 1.08 bits per heavy atom. The number of aliphatic imine (C=N–C) groups is 1. The topological polar surface area (TPSA) is 52.9 Å². The van der Waals surface area contributed by atoms with E-state index in [1.54, 1.807) is 4.90 Å². The molecule has 4 nitrogen and oxygen atoms in total. The van der Waals surface area contributed by atoms with Gasteiger partial charge in [0.25, 0.3) is 5.91 Å². The molecule has 0 spiro atoms. The SMILES string of the molecule is O=C1C(=Nc2ccc(Cl)c(Cl)c2O)c2ccccc2N1c1ccsc1. The molecule has 0 atom stereocenters. The minimum absolute atomic E-state index is 0.0111. The summed E-state index contributed by atoms with van der Waals surface area (Å²) in [6.45, 7) is 0. The van der Waals surface area contributed by atoms with E-state index < -0.39 is 0 Å². The van der Waals surface area contributed by atoms with Gasteiger partial charge in [0.1, 0.15) is 16.4 Å². The van der Waals surface area contributed by atoms with Gasteiger partial charge in [-0.3, -0.25) is 9.69 Å². The van der Waals surface area contributed by atoms with Crippen LogP contribution in [-0.2, 0) is 4.79 Å². The molecule has 2 heterocycles. The highest BCUT2D eigenvalue weighted by atomic mass is 35.5. The molecule has 124 valence electrons. The molecule has 1 aliphatic heterocycles. The van der Waals surface area contributed by atoms with E-state index in [2.05, 4.69) is 4.99 Å². The average molecular weight is 389 g/mol. The van der Waals surface area contributed by atoms with Gasteiger partial charge in [-0.25, -0.2) is 4.99 Å². The van der Waals surface area contributed by atoms with Crippen LogP contribution < -0.4 is 4.90 Å². The number of nitrogens with zero attached hydrogens (tertiary/aromatic N) is 2. The predicted octanol–water partition coefficient (Wildman–Crippen LogP) is 5.56. The number of benzene rings is 2. The molecule has 0 bridgehead atoms. The molecule has 7 heteroatoms. The summed E-state index contributed by atoms with van der Waals surface area (Å²) in [5.41, 5.74) is 2.68. The lowest BCUT2D eigenvalue weighted by atomic mass is 10.1. The van der Waals surface area contributed by atoms with E-state index in [1.165, 1.54) is 23.5 Å². The van der Waals surface area contributed by atoms with Crippen molar-refractivity contribution in [2.75, 3.05) is 4.90 Å². The molecular formula is C18H10Cl2N2O2S. The zero-order valence-corrected chi connectivity index (χ0v) is 14.9. The summed E-state index contributed by atoms with van der Waals surface area (Å²) in [6, 6.07) is 12.3. The maximum absolute atomic E-state index is 13.0. The van der Waals surface area contributed by atoms with Gasteiger partial charge in [0.15, 0.2) is 5.75 Å². The molecule has 0 aliphatic carbocycles. The Balaban J connectivity index is 1.89. The van der Waals surface area contributed by atoms with Crippen LogP contribution in [0.25, 0.3) is 0 Å². The predicted molar refractivity (Wildman–Crippen MR) is 102 cm³/mol. The summed E-state index contributed by atoms with van der Waals surface area (Å²) in [5, 5.41) is 14.2. The summed E-state index contributed by atoms with van der Waals surface area (Å²) >= 11 is 13.4. The Kier molecular flexibility index (Phi) is 4.00. The maximum atomic E-state index is 13.0. The third-order valence-electron chi connectivity index (χ3n) is 3.85. The fraction of sp³-hybridized carbons (Fsp3) is 0. The van der Waals surface area contributed by atoms with Gasteiger partial charge >= 0.3 is 0 Å². The van der Waals surface area contributed by atoms with E-state index in [-0.39, 0.29) is 33.1 Å². The van der Waals surface area contributed by atoms with Gasteiger partial charge in [-0.15, -0.1) is 0 Å². The number of hydrogen-bond donors (Lipinski definition) is 1. The van der Waals surface area contributed by atoms with Gasteiger partial charge in [0.05, 0.1) is 16.4 Å². The quantitative estimate of drug-likeness (QED) is 0.624. The lowest BCUT2D eigenvalue weighted by molar-refractivity contribution is -0.111. The van der Waals surface area contributed by atoms with Crippen molar-refractivity contribution >= 4 is 63.2 Å². The number of halogens is 2. The Labute approximate surface area is 157 Å². The highest BCUT2D eigenvalue weighted by Crippen LogP contribution is 2.41. The van der Waals surface area contributed by atoms with Crippen LogP contribution in [0.2, 0.25) is 10.0 Å². The number of phenolic OH excluding ortho intramolecular Hbond substituents is 1. The lowest BCUT2D eigenvalue weighted by Gasteiger charge is -2.14. The average Bonchev–Trinajstić information content (AvgIpc) is 3.22. The van der Waals surface area contributed by atoms with Gasteiger partial charge in [0.2, 0.25) is 0 Å². The Morgan fingerprint density at radius 3 is 2.64 bits per heavy atom. The number of para-hydroxylation sites is 1. The molecule has 25 heavy (non-hydrogen) atoms. The van der Waals surface area contributed by atoms with Crippen molar-refractivity contribution in [2.24, 2.45) is 4.99 Å². The summed E-state index contributed by atoms with van der Waals surface area (Å²) in [7, 11) is 0. The molecule has 1 aliphatic rings. The summed E-state index contributed by atoms with van der Waals surface area (Å²) < 4.78 is 0. The second kappa shape index (κ2) is 6.19. The molecule has 1 amide bonds. The second-order valence-electron chi connectivity index (χ2n) is 5.33. The number of aromatic hydroxyl groups is 1. The van der Waals surface area contributed by atoms with Crippen LogP contribution in [0.1, 0.15) is 5.56 Å². The molecule has 0 radical (unpaired) electrons. The fourth-order valence-corrected chi connectivity index (χ4v) is 3.62. The third kappa shape index (κ3) is 2.61. The number of amides is 1. The number of carbonyl (C=O) groups excluding carboxylic acids is 1. The molecular weight excluding hydrogens is 379 g/mol. The van der Waals surface area contributed by atoms with Crippen LogP contribution in [0, 0.1) is 0 Å². The van der Waals surface area contributed by atoms with Crippen LogP contribution in [-0.4, -0.2) is 16.7 Å². The smallest absolute Gasteiger partial charge is 0.282 e. The van der Waals surface area contributed by atoms with Crippen molar-refractivity contribution in [3.05, 3.63) is 68.8 Å². The maximum Gasteiger partial charge on any atom is 0.282 e. The summed E-state index contributed by atoms with van der Waals surface area (Å²) in [6.07, 6.45) is 0. The van der Waals surface area contributed by atoms with E-state index in [9.17, 15) is 9.90 Å². The van der Waals surface area contributed by atoms with Gasteiger partial charge in [-0.1, -0.05) is 41.4 Å². The molecule has 2 aromatic carbocycles. The summed E-state index contributed by atoms with van der Waals surface area (Å²) in [5.74, 6) is -0.508. The first kappa shape index (κ1) is 16.1. The highest BCUT2D eigenvalue weighted by Gasteiger charge is 2.35. The number of phenols is 1. The molecule has 1 N–H and O–H groups in total. The largest absolute Gasteiger partial charge is 0.504 e. The zero-order chi connectivity index (χ0) is 17.6. The number of rotatable bonds is 2. The van der Waals surface area contributed by atoms with Gasteiger partial charge in [-0.05, 0) is 29.6 Å². The molecule has 0 fully saturated rings. The first-order valence-electron chi connectivity index (χ1n) is 7.29. The van der Waals surface area contributed by atoms with Crippen LogP contribution in [0.3, 0.4) is 0 Å². The number of fused-ring (bicyclic) bond motifs is 1. The van der Waals surface area contributed by atoms with Crippen molar-refractivity contribution in [3.8, 4) is 5.75 Å². The van der Waals surface area contributed by atoms with Crippen molar-refractivity contribution in [3.63, 3.8) is 0 Å². The number of thiophene rings is 1. The van der Waals surface area contributed by atoms with Crippen molar-refractivity contribution in [1.29, 1.82) is 0 Å². The second-order valence-corrected chi connectivity index (χ2v) is 6.89. The fourth-order valence-electron chi connectivity index (χ4n) is 2.69. The molecule has 0 unspecified atom stereocenters. The van der Waals surface area contributed by atoms with E-state index >= 15 is 0 Å². The first-order chi connectivity index (χ1) is 12.1. The van der Waals surface area contributed by atoms with Crippen molar-refractivity contribution in [2.45, 2.75) is 0 Å². The summed E-state index contributed by atoms with van der Waals surface area (Å²) in [4.78, 5) is 19.0. The minimum atomic E-state index is -0.259. The highest BCUT2D eigenvalue weighted by molar-refractivity contribution is 7.08. The number of hydrogen-bond acceptors (Lipinski definition) is 4. The monoisotopic (exact) mass is 388 g/mol. The first-order valence-corrected chi connectivity index (χ1v) is 8.99. The third-order valence-corrected chi connectivity index (χ3v) is 5.32.